The first-order chi connectivity index (χ1) is 12.3. The summed E-state index contributed by atoms with van der Waals surface area (Å²) >= 11 is 0. The summed E-state index contributed by atoms with van der Waals surface area (Å²) in [7, 11) is 0. The maximum atomic E-state index is 12.0. The number of hydrogen-bond donors (Lipinski definition) is 0. The van der Waals surface area contributed by atoms with Gasteiger partial charge in [-0.3, -0.25) is 24.0 Å². The molecule has 138 valence electrons. The van der Waals surface area contributed by atoms with Gasteiger partial charge < -0.3 is 14.0 Å². The maximum absolute atomic E-state index is 12.0. The molecule has 0 atom stereocenters. The van der Waals surface area contributed by atoms with Gasteiger partial charge in [0.15, 0.2) is 11.7 Å². The molecule has 0 saturated carbocycles. The quantitative estimate of drug-likeness (QED) is 0.461. The Labute approximate surface area is 149 Å². The molecule has 0 N–H and O–H groups in total. The minimum absolute atomic E-state index is 0.0986. The number of ether oxygens (including phenoxy) is 2. The Morgan fingerprint density at radius 1 is 1.04 bits per heavy atom. The van der Waals surface area contributed by atoms with Crippen molar-refractivity contribution in [3.8, 4) is 0 Å². The molecule has 2 rings (SSSR count). The molecular weight excluding hydrogens is 342 g/mol. The van der Waals surface area contributed by atoms with Crippen LogP contribution in [0, 0.1) is 0 Å². The Balaban J connectivity index is 0.000000412. The van der Waals surface area contributed by atoms with E-state index < -0.39 is 11.9 Å². The van der Waals surface area contributed by atoms with Crippen molar-refractivity contribution in [3.05, 3.63) is 46.2 Å². The van der Waals surface area contributed by atoms with Crippen LogP contribution in [0.1, 0.15) is 31.1 Å². The Kier molecular flexibility index (Phi) is 7.88. The zero-order chi connectivity index (χ0) is 19.7. The number of esters is 3. The van der Waals surface area contributed by atoms with Gasteiger partial charge in [-0.05, 0) is 12.1 Å². The molecule has 0 unspecified atom stereocenters. The molecule has 1 aromatic carbocycles. The molecule has 0 radical (unpaired) electrons. The monoisotopic (exact) mass is 361 g/mol. The lowest BCUT2D eigenvalue weighted by atomic mass is 10.1. The van der Waals surface area contributed by atoms with Crippen LogP contribution in [0.2, 0.25) is 0 Å². The molecule has 8 heteroatoms. The van der Waals surface area contributed by atoms with Gasteiger partial charge in [0.1, 0.15) is 6.61 Å². The number of carbonyl (C=O) groups is 4. The summed E-state index contributed by atoms with van der Waals surface area (Å²) in [4.78, 5) is 53.2. The first kappa shape index (κ1) is 20.8. The Morgan fingerprint density at radius 3 is 2.15 bits per heavy atom. The lowest BCUT2D eigenvalue weighted by molar-refractivity contribution is -0.156. The van der Waals surface area contributed by atoms with E-state index in [0.717, 1.165) is 0 Å². The molecular formula is C18H19NO7. The van der Waals surface area contributed by atoms with E-state index in [9.17, 15) is 24.0 Å². The van der Waals surface area contributed by atoms with Gasteiger partial charge in [-0.1, -0.05) is 12.1 Å². The van der Waals surface area contributed by atoms with E-state index in [1.807, 2.05) is 6.07 Å². The number of fused-ring (bicyclic) bond motifs is 1. The predicted octanol–water partition coefficient (Wildman–Crippen LogP) is 1.47. The van der Waals surface area contributed by atoms with Gasteiger partial charge in [0.2, 0.25) is 0 Å². The van der Waals surface area contributed by atoms with Crippen LogP contribution >= 0.6 is 0 Å². The molecule has 8 nitrogen and oxygen atoms in total. The van der Waals surface area contributed by atoms with Crippen LogP contribution in [0.15, 0.2) is 35.3 Å². The SMILES string of the molecule is CC(=O)OC(C)=O.CC(=O)OCCn1cc(C=O)c(=O)c2ccccc21. The van der Waals surface area contributed by atoms with E-state index in [1.54, 1.807) is 22.8 Å². The largest absolute Gasteiger partial charge is 0.464 e. The van der Waals surface area contributed by atoms with Crippen molar-refractivity contribution in [1.29, 1.82) is 0 Å². The molecule has 0 spiro atoms. The number of benzene rings is 1. The van der Waals surface area contributed by atoms with Gasteiger partial charge >= 0.3 is 17.9 Å². The summed E-state index contributed by atoms with van der Waals surface area (Å²) in [5.74, 6) is -1.49. The third kappa shape index (κ3) is 6.31. The average molecular weight is 361 g/mol. The van der Waals surface area contributed by atoms with Crippen LogP contribution in [-0.4, -0.2) is 35.4 Å². The molecule has 0 bridgehead atoms. The van der Waals surface area contributed by atoms with Crippen molar-refractivity contribution in [2.75, 3.05) is 6.61 Å². The fraction of sp³-hybridized carbons (Fsp3) is 0.278. The normalized spacial score (nSPS) is 9.65. The number of aromatic nitrogens is 1. The zero-order valence-electron chi connectivity index (χ0n) is 14.7. The van der Waals surface area contributed by atoms with Crippen LogP contribution in [0.4, 0.5) is 0 Å². The highest BCUT2D eigenvalue weighted by Gasteiger charge is 2.08. The second kappa shape index (κ2) is 9.87. The number of hydrogen-bond acceptors (Lipinski definition) is 7. The fourth-order valence-electron chi connectivity index (χ4n) is 2.13. The van der Waals surface area contributed by atoms with Crippen molar-refractivity contribution in [1.82, 2.24) is 4.57 Å². The van der Waals surface area contributed by atoms with E-state index in [-0.39, 0.29) is 23.6 Å². The van der Waals surface area contributed by atoms with E-state index in [4.69, 9.17) is 4.74 Å². The average Bonchev–Trinajstić information content (AvgIpc) is 2.56. The summed E-state index contributed by atoms with van der Waals surface area (Å²) < 4.78 is 10.6. The van der Waals surface area contributed by atoms with Gasteiger partial charge in [0, 0.05) is 32.4 Å². The van der Waals surface area contributed by atoms with Gasteiger partial charge in [-0.2, -0.15) is 0 Å². The van der Waals surface area contributed by atoms with E-state index in [0.29, 0.717) is 23.7 Å². The van der Waals surface area contributed by atoms with Crippen LogP contribution < -0.4 is 5.43 Å². The van der Waals surface area contributed by atoms with Crippen molar-refractivity contribution in [2.24, 2.45) is 0 Å². The summed E-state index contributed by atoms with van der Waals surface area (Å²) in [5, 5.41) is 0.481. The van der Waals surface area contributed by atoms with Gasteiger partial charge in [0.05, 0.1) is 17.6 Å². The highest BCUT2D eigenvalue weighted by Crippen LogP contribution is 2.11. The van der Waals surface area contributed by atoms with Crippen LogP contribution in [0.5, 0.6) is 0 Å². The van der Waals surface area contributed by atoms with Crippen molar-refractivity contribution in [3.63, 3.8) is 0 Å². The van der Waals surface area contributed by atoms with Crippen molar-refractivity contribution < 1.29 is 28.7 Å². The Hall–Kier alpha value is -3.29. The van der Waals surface area contributed by atoms with Crippen molar-refractivity contribution in [2.45, 2.75) is 27.3 Å². The number of aldehydes is 1. The number of carbonyl (C=O) groups excluding carboxylic acids is 4. The summed E-state index contributed by atoms with van der Waals surface area (Å²) in [6.45, 7) is 4.28. The molecule has 0 aliphatic rings. The third-order valence-electron chi connectivity index (χ3n) is 3.07. The first-order valence-corrected chi connectivity index (χ1v) is 7.66. The van der Waals surface area contributed by atoms with E-state index in [2.05, 4.69) is 4.74 Å². The fourth-order valence-corrected chi connectivity index (χ4v) is 2.13. The van der Waals surface area contributed by atoms with Crippen molar-refractivity contribution >= 4 is 35.1 Å². The van der Waals surface area contributed by atoms with Crippen LogP contribution in [0.3, 0.4) is 0 Å². The summed E-state index contributed by atoms with van der Waals surface area (Å²) in [5.41, 5.74) is 0.529. The van der Waals surface area contributed by atoms with Gasteiger partial charge in [-0.25, -0.2) is 0 Å². The highest BCUT2D eigenvalue weighted by molar-refractivity contribution is 5.86. The molecule has 0 amide bonds. The smallest absolute Gasteiger partial charge is 0.310 e. The lowest BCUT2D eigenvalue weighted by Gasteiger charge is -2.11. The molecule has 0 saturated heterocycles. The Morgan fingerprint density at radius 2 is 1.65 bits per heavy atom. The summed E-state index contributed by atoms with van der Waals surface area (Å²) in [6.07, 6.45) is 2.03. The molecule has 2 aromatic rings. The Bertz CT molecular complexity index is 871. The standard InChI is InChI=1S/C14H13NO4.C4H6O3/c1-10(17)19-7-6-15-8-11(9-16)14(18)12-4-2-3-5-13(12)15;1-3(5)7-4(2)6/h2-5,8-9H,6-7H2,1H3;1-2H3. The lowest BCUT2D eigenvalue weighted by Crippen LogP contribution is -2.16. The van der Waals surface area contributed by atoms with Crippen LogP contribution in [0.25, 0.3) is 10.9 Å². The van der Waals surface area contributed by atoms with Gasteiger partial charge in [0.25, 0.3) is 0 Å². The molecule has 0 aliphatic carbocycles. The van der Waals surface area contributed by atoms with Gasteiger partial charge in [-0.15, -0.1) is 0 Å². The first-order valence-electron chi connectivity index (χ1n) is 7.66. The number of pyridine rings is 1. The predicted molar refractivity (Wildman–Crippen MR) is 92.7 cm³/mol. The second-order valence-electron chi connectivity index (χ2n) is 5.17. The third-order valence-corrected chi connectivity index (χ3v) is 3.07. The molecule has 0 aliphatic heterocycles. The highest BCUT2D eigenvalue weighted by atomic mass is 16.6. The molecule has 26 heavy (non-hydrogen) atoms. The summed E-state index contributed by atoms with van der Waals surface area (Å²) in [6, 6.07) is 7.02. The van der Waals surface area contributed by atoms with E-state index in [1.165, 1.54) is 27.0 Å². The zero-order valence-corrected chi connectivity index (χ0v) is 14.7. The number of rotatable bonds is 4. The number of nitrogens with zero attached hydrogens (tertiary/aromatic N) is 1. The topological polar surface area (TPSA) is 109 Å². The maximum Gasteiger partial charge on any atom is 0.310 e. The molecule has 0 fully saturated rings. The number of para-hydroxylation sites is 1. The van der Waals surface area contributed by atoms with Crippen LogP contribution in [-0.2, 0) is 30.4 Å². The van der Waals surface area contributed by atoms with E-state index >= 15 is 0 Å². The molecule has 1 aromatic heterocycles. The minimum Gasteiger partial charge on any atom is -0.464 e. The second-order valence-corrected chi connectivity index (χ2v) is 5.17. The molecule has 1 heterocycles. The minimum atomic E-state index is -0.562.